The third-order valence-electron chi connectivity index (χ3n) is 2.93. The van der Waals surface area contributed by atoms with Crippen molar-refractivity contribution in [2.45, 2.75) is 26.9 Å². The second-order valence-electron chi connectivity index (χ2n) is 4.12. The predicted octanol–water partition coefficient (Wildman–Crippen LogP) is 2.46. The van der Waals surface area contributed by atoms with Crippen molar-refractivity contribution in [3.63, 3.8) is 0 Å². The van der Waals surface area contributed by atoms with E-state index in [-0.39, 0.29) is 0 Å². The molecule has 1 aromatic carbocycles. The van der Waals surface area contributed by atoms with Gasteiger partial charge in [-0.3, -0.25) is 0 Å². The molecule has 3 nitrogen and oxygen atoms in total. The van der Waals surface area contributed by atoms with Crippen LogP contribution in [0.3, 0.4) is 0 Å². The van der Waals surface area contributed by atoms with Gasteiger partial charge < -0.3 is 14.7 Å². The van der Waals surface area contributed by atoms with Gasteiger partial charge in [0.05, 0.1) is 6.10 Å². The zero-order valence-corrected chi connectivity index (χ0v) is 11.0. The number of rotatable bonds is 7. The summed E-state index contributed by atoms with van der Waals surface area (Å²) in [6.07, 6.45) is -0.417. The molecule has 0 heterocycles. The second-order valence-corrected chi connectivity index (χ2v) is 4.12. The first-order valence-corrected chi connectivity index (χ1v) is 6.30. The van der Waals surface area contributed by atoms with Crippen molar-refractivity contribution in [3.05, 3.63) is 29.8 Å². The van der Waals surface area contributed by atoms with Crippen molar-refractivity contribution in [3.8, 4) is 5.75 Å². The minimum absolute atomic E-state index is 0.417. The number of hydrogen-bond acceptors (Lipinski definition) is 3. The highest BCUT2D eigenvalue weighted by Crippen LogP contribution is 2.17. The summed E-state index contributed by atoms with van der Waals surface area (Å²) in [6, 6.07) is 7.61. The maximum atomic E-state index is 9.38. The normalized spacial score (nSPS) is 12.8. The first-order chi connectivity index (χ1) is 8.17. The molecule has 3 heteroatoms. The summed E-state index contributed by atoms with van der Waals surface area (Å²) >= 11 is 0. The smallest absolute Gasteiger partial charge is 0.119 e. The number of ether oxygens (including phenoxy) is 1. The van der Waals surface area contributed by atoms with E-state index in [1.165, 1.54) is 0 Å². The lowest BCUT2D eigenvalue weighted by atomic mass is 10.1. The largest absolute Gasteiger partial charge is 0.492 e. The van der Waals surface area contributed by atoms with E-state index in [4.69, 9.17) is 4.74 Å². The van der Waals surface area contributed by atoms with Crippen LogP contribution in [0.2, 0.25) is 0 Å². The van der Waals surface area contributed by atoms with Gasteiger partial charge in [0.1, 0.15) is 12.4 Å². The standard InChI is InChI=1S/C14H23NO2/c1-4-15(5-2)10-11-17-14-8-6-13(7-9-14)12(3)16/h6-9,12,16H,4-5,10-11H2,1-3H3. The van der Waals surface area contributed by atoms with Gasteiger partial charge in [0.15, 0.2) is 0 Å². The van der Waals surface area contributed by atoms with Gasteiger partial charge in [0.25, 0.3) is 0 Å². The number of aliphatic hydroxyl groups is 1. The Morgan fingerprint density at radius 2 is 1.76 bits per heavy atom. The van der Waals surface area contributed by atoms with E-state index in [1.807, 2.05) is 24.3 Å². The summed E-state index contributed by atoms with van der Waals surface area (Å²) in [5.74, 6) is 0.863. The van der Waals surface area contributed by atoms with Gasteiger partial charge in [-0.05, 0) is 37.7 Å². The minimum Gasteiger partial charge on any atom is -0.492 e. The van der Waals surface area contributed by atoms with Crippen LogP contribution in [0.25, 0.3) is 0 Å². The highest BCUT2D eigenvalue weighted by atomic mass is 16.5. The van der Waals surface area contributed by atoms with E-state index < -0.39 is 6.10 Å². The fraction of sp³-hybridized carbons (Fsp3) is 0.571. The minimum atomic E-state index is -0.417. The third-order valence-corrected chi connectivity index (χ3v) is 2.93. The Morgan fingerprint density at radius 3 is 2.24 bits per heavy atom. The average Bonchev–Trinajstić information content (AvgIpc) is 2.35. The van der Waals surface area contributed by atoms with Crippen LogP contribution < -0.4 is 4.74 Å². The van der Waals surface area contributed by atoms with Gasteiger partial charge in [-0.2, -0.15) is 0 Å². The Kier molecular flexibility index (Phi) is 6.01. The Morgan fingerprint density at radius 1 is 1.18 bits per heavy atom. The zero-order chi connectivity index (χ0) is 12.7. The Bertz CT molecular complexity index is 305. The molecule has 0 saturated heterocycles. The molecule has 96 valence electrons. The molecule has 0 aliphatic heterocycles. The summed E-state index contributed by atoms with van der Waals surface area (Å²) in [6.45, 7) is 9.83. The van der Waals surface area contributed by atoms with Crippen molar-refractivity contribution in [1.29, 1.82) is 0 Å². The number of likely N-dealkylation sites (N-methyl/N-ethyl adjacent to an activating group) is 1. The first kappa shape index (κ1) is 14.0. The Labute approximate surface area is 104 Å². The van der Waals surface area contributed by atoms with Crippen LogP contribution in [-0.4, -0.2) is 36.2 Å². The first-order valence-electron chi connectivity index (χ1n) is 6.30. The van der Waals surface area contributed by atoms with E-state index in [9.17, 15) is 5.11 Å². The fourth-order valence-electron chi connectivity index (χ4n) is 1.67. The SMILES string of the molecule is CCN(CC)CCOc1ccc(C(C)O)cc1. The molecule has 0 amide bonds. The van der Waals surface area contributed by atoms with Crippen LogP contribution in [0.15, 0.2) is 24.3 Å². The van der Waals surface area contributed by atoms with Crippen molar-refractivity contribution in [1.82, 2.24) is 4.90 Å². The quantitative estimate of drug-likeness (QED) is 0.790. The molecule has 1 atom stereocenters. The van der Waals surface area contributed by atoms with E-state index in [1.54, 1.807) is 6.92 Å². The highest BCUT2D eigenvalue weighted by Gasteiger charge is 2.02. The summed E-state index contributed by atoms with van der Waals surface area (Å²) in [5, 5.41) is 9.38. The third kappa shape index (κ3) is 4.75. The van der Waals surface area contributed by atoms with Crippen molar-refractivity contribution in [2.24, 2.45) is 0 Å². The maximum Gasteiger partial charge on any atom is 0.119 e. The number of nitrogens with zero attached hydrogens (tertiary/aromatic N) is 1. The average molecular weight is 237 g/mol. The molecule has 0 aromatic heterocycles. The van der Waals surface area contributed by atoms with Gasteiger partial charge in [0.2, 0.25) is 0 Å². The lowest BCUT2D eigenvalue weighted by molar-refractivity contribution is 0.199. The highest BCUT2D eigenvalue weighted by molar-refractivity contribution is 5.28. The zero-order valence-electron chi connectivity index (χ0n) is 11.0. The molecule has 0 aliphatic carbocycles. The summed E-state index contributed by atoms with van der Waals surface area (Å²) in [4.78, 5) is 2.32. The summed E-state index contributed by atoms with van der Waals surface area (Å²) in [7, 11) is 0. The van der Waals surface area contributed by atoms with E-state index >= 15 is 0 Å². The van der Waals surface area contributed by atoms with Crippen LogP contribution >= 0.6 is 0 Å². The van der Waals surface area contributed by atoms with Crippen LogP contribution in [0.1, 0.15) is 32.4 Å². The van der Waals surface area contributed by atoms with Gasteiger partial charge in [0, 0.05) is 6.54 Å². The number of aliphatic hydroxyl groups excluding tert-OH is 1. The molecule has 1 N–H and O–H groups in total. The van der Waals surface area contributed by atoms with Gasteiger partial charge in [-0.25, -0.2) is 0 Å². The molecule has 0 radical (unpaired) electrons. The molecule has 1 aromatic rings. The molecule has 0 aliphatic rings. The summed E-state index contributed by atoms with van der Waals surface area (Å²) in [5.41, 5.74) is 0.918. The second kappa shape index (κ2) is 7.30. The fourth-order valence-corrected chi connectivity index (χ4v) is 1.67. The Hall–Kier alpha value is -1.06. The molecule has 0 saturated carbocycles. The van der Waals surface area contributed by atoms with Crippen LogP contribution in [-0.2, 0) is 0 Å². The van der Waals surface area contributed by atoms with Crippen molar-refractivity contribution in [2.75, 3.05) is 26.2 Å². The molecule has 0 bridgehead atoms. The maximum absolute atomic E-state index is 9.38. The van der Waals surface area contributed by atoms with Gasteiger partial charge >= 0.3 is 0 Å². The van der Waals surface area contributed by atoms with E-state index in [0.29, 0.717) is 6.61 Å². The van der Waals surface area contributed by atoms with Crippen LogP contribution in [0.5, 0.6) is 5.75 Å². The van der Waals surface area contributed by atoms with Crippen LogP contribution in [0, 0.1) is 0 Å². The molecule has 0 fully saturated rings. The number of hydrogen-bond donors (Lipinski definition) is 1. The van der Waals surface area contributed by atoms with E-state index in [2.05, 4.69) is 18.7 Å². The molecule has 0 spiro atoms. The van der Waals surface area contributed by atoms with Crippen molar-refractivity contribution >= 4 is 0 Å². The van der Waals surface area contributed by atoms with Gasteiger partial charge in [-0.15, -0.1) is 0 Å². The Balaban J connectivity index is 2.37. The predicted molar refractivity (Wildman–Crippen MR) is 70.4 cm³/mol. The van der Waals surface area contributed by atoms with E-state index in [0.717, 1.165) is 30.9 Å². The monoisotopic (exact) mass is 237 g/mol. The lowest BCUT2D eigenvalue weighted by Crippen LogP contribution is -2.27. The molecule has 1 unspecified atom stereocenters. The van der Waals surface area contributed by atoms with Gasteiger partial charge in [-0.1, -0.05) is 26.0 Å². The van der Waals surface area contributed by atoms with Crippen molar-refractivity contribution < 1.29 is 9.84 Å². The number of benzene rings is 1. The van der Waals surface area contributed by atoms with Crippen LogP contribution in [0.4, 0.5) is 0 Å². The molecular weight excluding hydrogens is 214 g/mol. The summed E-state index contributed by atoms with van der Waals surface area (Å²) < 4.78 is 5.65. The molecule has 1 rings (SSSR count). The lowest BCUT2D eigenvalue weighted by Gasteiger charge is -2.18. The molecular formula is C14H23NO2. The molecule has 17 heavy (non-hydrogen) atoms. The topological polar surface area (TPSA) is 32.7 Å².